The number of carbonyl (C=O) groups excluding carboxylic acids is 1. The smallest absolute Gasteiger partial charge is 0.394 e. The Balaban J connectivity index is 1.62. The fourth-order valence-electron chi connectivity index (χ4n) is 3.43. The third-order valence-corrected chi connectivity index (χ3v) is 5.36. The summed E-state index contributed by atoms with van der Waals surface area (Å²) in [6, 6.07) is 4.53. The predicted octanol–water partition coefficient (Wildman–Crippen LogP) is 2.36. The van der Waals surface area contributed by atoms with Gasteiger partial charge >= 0.3 is 6.18 Å². The Morgan fingerprint density at radius 1 is 1.30 bits per heavy atom. The number of rotatable bonds is 7. The number of amides is 1. The van der Waals surface area contributed by atoms with Crippen LogP contribution in [0.5, 0.6) is 0 Å². The number of alkyl halides is 3. The molecule has 1 aliphatic rings. The molecule has 1 aliphatic carbocycles. The van der Waals surface area contributed by atoms with E-state index in [1.54, 1.807) is 0 Å². The van der Waals surface area contributed by atoms with Crippen LogP contribution in [0.25, 0.3) is 5.65 Å². The first-order valence-electron chi connectivity index (χ1n) is 9.90. The first-order chi connectivity index (χ1) is 15.6. The van der Waals surface area contributed by atoms with Crippen LogP contribution in [0.1, 0.15) is 52.2 Å². The summed E-state index contributed by atoms with van der Waals surface area (Å²) in [4.78, 5) is 27.2. The van der Waals surface area contributed by atoms with Gasteiger partial charge in [-0.1, -0.05) is 0 Å². The lowest BCUT2D eigenvalue weighted by Crippen LogP contribution is -2.42. The van der Waals surface area contributed by atoms with E-state index in [4.69, 9.17) is 0 Å². The summed E-state index contributed by atoms with van der Waals surface area (Å²) >= 11 is 0. The number of nitro benzene ring substituents is 1. The number of aliphatic hydroxyl groups excluding tert-OH is 2. The molecular weight excluding hydrogens is 447 g/mol. The summed E-state index contributed by atoms with van der Waals surface area (Å²) in [5.41, 5.74) is -1.40. The first-order valence-corrected chi connectivity index (χ1v) is 9.90. The van der Waals surface area contributed by atoms with Crippen LogP contribution in [0.2, 0.25) is 0 Å². The topological polar surface area (TPSA) is 143 Å². The normalized spacial score (nSPS) is 15.9. The van der Waals surface area contributed by atoms with Crippen molar-refractivity contribution >= 4 is 17.2 Å². The standard InChI is InChI=1S/C20H18F3N5O5/c21-20(22,23)16-7-14(10-1-2-10)25-18-13(8-24-27(16)18)19(31)26-15(9-29)17(30)11-3-5-12(6-4-11)28(32)33/h3-8,10,15,17,29-30H,1-2,9H2,(H,26,31). The maximum absolute atomic E-state index is 13.5. The van der Waals surface area contributed by atoms with Crippen LogP contribution in [-0.2, 0) is 6.18 Å². The highest BCUT2D eigenvalue weighted by atomic mass is 19.4. The van der Waals surface area contributed by atoms with E-state index in [2.05, 4.69) is 15.4 Å². The third-order valence-electron chi connectivity index (χ3n) is 5.36. The zero-order chi connectivity index (χ0) is 23.9. The lowest BCUT2D eigenvalue weighted by molar-refractivity contribution is -0.384. The minimum Gasteiger partial charge on any atom is -0.394 e. The van der Waals surface area contributed by atoms with Gasteiger partial charge in [0.15, 0.2) is 5.65 Å². The zero-order valence-corrected chi connectivity index (χ0v) is 16.9. The number of benzene rings is 1. The third kappa shape index (κ3) is 4.50. The quantitative estimate of drug-likeness (QED) is 0.359. The van der Waals surface area contributed by atoms with E-state index in [-0.39, 0.29) is 34.1 Å². The Labute approximate surface area is 183 Å². The minimum atomic E-state index is -4.72. The number of halogens is 3. The number of nitro groups is 1. The van der Waals surface area contributed by atoms with Gasteiger partial charge in [-0.2, -0.15) is 18.3 Å². The van der Waals surface area contributed by atoms with Gasteiger partial charge in [-0.3, -0.25) is 14.9 Å². The van der Waals surface area contributed by atoms with E-state index < -0.39 is 41.5 Å². The molecule has 0 aliphatic heterocycles. The second-order valence-electron chi connectivity index (χ2n) is 7.69. The molecule has 2 unspecified atom stereocenters. The van der Waals surface area contributed by atoms with Gasteiger partial charge in [0.2, 0.25) is 0 Å². The molecule has 33 heavy (non-hydrogen) atoms. The van der Waals surface area contributed by atoms with Gasteiger partial charge in [-0.15, -0.1) is 0 Å². The van der Waals surface area contributed by atoms with Gasteiger partial charge < -0.3 is 15.5 Å². The van der Waals surface area contributed by atoms with Gasteiger partial charge in [0, 0.05) is 23.7 Å². The van der Waals surface area contributed by atoms with Gasteiger partial charge in [0.05, 0.1) is 23.8 Å². The maximum Gasteiger partial charge on any atom is 0.433 e. The van der Waals surface area contributed by atoms with Crippen LogP contribution < -0.4 is 5.32 Å². The number of nitrogens with zero attached hydrogens (tertiary/aromatic N) is 4. The van der Waals surface area contributed by atoms with Gasteiger partial charge in [0.1, 0.15) is 17.4 Å². The van der Waals surface area contributed by atoms with Gasteiger partial charge in [-0.05, 0) is 36.6 Å². The van der Waals surface area contributed by atoms with E-state index >= 15 is 0 Å². The van der Waals surface area contributed by atoms with Crippen molar-refractivity contribution < 1.29 is 33.1 Å². The predicted molar refractivity (Wildman–Crippen MR) is 106 cm³/mol. The molecule has 0 radical (unpaired) electrons. The number of aromatic nitrogens is 3. The van der Waals surface area contributed by atoms with Crippen molar-refractivity contribution in [3.8, 4) is 0 Å². The number of hydrogen-bond donors (Lipinski definition) is 3. The number of nitrogens with one attached hydrogen (secondary N) is 1. The van der Waals surface area contributed by atoms with E-state index in [1.807, 2.05) is 0 Å². The highest BCUT2D eigenvalue weighted by Gasteiger charge is 2.38. The molecule has 2 atom stereocenters. The molecule has 13 heteroatoms. The molecule has 3 aromatic rings. The Morgan fingerprint density at radius 3 is 2.52 bits per heavy atom. The molecule has 0 saturated heterocycles. The summed E-state index contributed by atoms with van der Waals surface area (Å²) in [5, 5.41) is 37.0. The largest absolute Gasteiger partial charge is 0.433 e. The van der Waals surface area contributed by atoms with Gasteiger partial charge in [-0.25, -0.2) is 9.50 Å². The van der Waals surface area contributed by atoms with Crippen molar-refractivity contribution in [1.82, 2.24) is 19.9 Å². The lowest BCUT2D eigenvalue weighted by Gasteiger charge is -2.22. The Hall–Kier alpha value is -3.58. The summed E-state index contributed by atoms with van der Waals surface area (Å²) in [6.07, 6.45) is -3.82. The fourth-order valence-corrected chi connectivity index (χ4v) is 3.43. The summed E-state index contributed by atoms with van der Waals surface area (Å²) in [7, 11) is 0. The summed E-state index contributed by atoms with van der Waals surface area (Å²) in [6.45, 7) is -0.711. The van der Waals surface area contributed by atoms with Crippen molar-refractivity contribution in [1.29, 1.82) is 0 Å². The Morgan fingerprint density at radius 2 is 1.97 bits per heavy atom. The van der Waals surface area contributed by atoms with Crippen LogP contribution in [-0.4, -0.2) is 48.3 Å². The highest BCUT2D eigenvalue weighted by molar-refractivity contribution is 5.99. The molecule has 1 aromatic carbocycles. The number of aliphatic hydroxyl groups is 2. The van der Waals surface area contributed by atoms with Gasteiger partial charge in [0.25, 0.3) is 11.6 Å². The molecule has 2 aromatic heterocycles. The molecule has 0 spiro atoms. The molecule has 4 rings (SSSR count). The molecule has 1 fully saturated rings. The van der Waals surface area contributed by atoms with Crippen LogP contribution in [0, 0.1) is 10.1 Å². The number of hydrogen-bond acceptors (Lipinski definition) is 7. The molecule has 0 bridgehead atoms. The average molecular weight is 465 g/mol. The van der Waals surface area contributed by atoms with Crippen LogP contribution >= 0.6 is 0 Å². The van der Waals surface area contributed by atoms with Crippen molar-refractivity contribution in [2.45, 2.75) is 37.1 Å². The number of fused-ring (bicyclic) bond motifs is 1. The van der Waals surface area contributed by atoms with Crippen LogP contribution in [0.3, 0.4) is 0 Å². The van der Waals surface area contributed by atoms with Crippen molar-refractivity contribution in [3.63, 3.8) is 0 Å². The monoisotopic (exact) mass is 465 g/mol. The molecule has 1 saturated carbocycles. The Bertz CT molecular complexity index is 1210. The van der Waals surface area contributed by atoms with Crippen molar-refractivity contribution in [2.24, 2.45) is 0 Å². The molecule has 10 nitrogen and oxygen atoms in total. The summed E-state index contributed by atoms with van der Waals surface area (Å²) in [5.74, 6) is -1.00. The van der Waals surface area contributed by atoms with E-state index in [9.17, 15) is 38.3 Å². The molecule has 174 valence electrons. The second kappa shape index (κ2) is 8.41. The minimum absolute atomic E-state index is 0.115. The lowest BCUT2D eigenvalue weighted by atomic mass is 10.0. The van der Waals surface area contributed by atoms with Crippen molar-refractivity contribution in [2.75, 3.05) is 6.61 Å². The van der Waals surface area contributed by atoms with E-state index in [0.29, 0.717) is 17.4 Å². The second-order valence-corrected chi connectivity index (χ2v) is 7.69. The zero-order valence-electron chi connectivity index (χ0n) is 16.9. The van der Waals surface area contributed by atoms with E-state index in [0.717, 1.165) is 24.4 Å². The SMILES string of the molecule is O=C(NC(CO)C(O)c1ccc([N+](=O)[O-])cc1)c1cnn2c(C(F)(F)F)cc(C3CC3)nc12. The van der Waals surface area contributed by atoms with Crippen LogP contribution in [0.15, 0.2) is 36.5 Å². The number of non-ortho nitro benzene ring substituents is 1. The fraction of sp³-hybridized carbons (Fsp3) is 0.350. The average Bonchev–Trinajstić information content (AvgIpc) is 3.54. The Kier molecular flexibility index (Phi) is 5.76. The number of carbonyl (C=O) groups is 1. The van der Waals surface area contributed by atoms with Crippen molar-refractivity contribution in [3.05, 3.63) is 69.2 Å². The maximum atomic E-state index is 13.5. The molecule has 3 N–H and O–H groups in total. The van der Waals surface area contributed by atoms with E-state index in [1.165, 1.54) is 12.1 Å². The molecule has 2 heterocycles. The first kappa shape index (κ1) is 22.6. The molecule has 1 amide bonds. The van der Waals surface area contributed by atoms with Crippen LogP contribution in [0.4, 0.5) is 18.9 Å². The highest BCUT2D eigenvalue weighted by Crippen LogP contribution is 2.41. The summed E-state index contributed by atoms with van der Waals surface area (Å²) < 4.78 is 41.1. The molecular formula is C20H18F3N5O5.